The number of aliphatic imine (C=N–C) groups is 1. The zero-order chi connectivity index (χ0) is 25.2. The molecule has 7 heteroatoms. The minimum atomic E-state index is -0.934. The average molecular weight is 487 g/mol. The molecule has 3 aromatic carbocycles. The van der Waals surface area contributed by atoms with E-state index in [-0.39, 0.29) is 5.78 Å². The van der Waals surface area contributed by atoms with E-state index in [4.69, 9.17) is 4.74 Å². The zero-order valence-electron chi connectivity index (χ0n) is 19.6. The van der Waals surface area contributed by atoms with Gasteiger partial charge in [0.05, 0.1) is 5.92 Å². The van der Waals surface area contributed by atoms with Crippen molar-refractivity contribution in [2.75, 3.05) is 5.32 Å². The van der Waals surface area contributed by atoms with Crippen LogP contribution in [0.15, 0.2) is 89.1 Å². The number of ketones is 1. The topological polar surface area (TPSA) is 67.8 Å². The summed E-state index contributed by atoms with van der Waals surface area (Å²) >= 11 is 0. The first kappa shape index (κ1) is 23.6. The number of Topliss-reactive ketones (excluding diaryl/α,β-unsaturated/α-hetero) is 1. The Morgan fingerprint density at radius 3 is 2.39 bits per heavy atom. The van der Waals surface area contributed by atoms with E-state index in [2.05, 4.69) is 10.3 Å². The Kier molecular flexibility index (Phi) is 6.46. The van der Waals surface area contributed by atoms with Gasteiger partial charge in [-0.3, -0.25) is 14.6 Å². The zero-order valence-corrected chi connectivity index (χ0v) is 19.6. The molecule has 1 N–H and O–H groups in total. The summed E-state index contributed by atoms with van der Waals surface area (Å²) in [4.78, 5) is 31.3. The molecule has 5 nitrogen and oxygen atoms in total. The number of para-hydroxylation sites is 2. The number of anilines is 1. The van der Waals surface area contributed by atoms with E-state index in [0.717, 1.165) is 12.1 Å². The number of nitrogens with zero attached hydrogens (tertiary/aromatic N) is 1. The number of allylic oxidation sites excluding steroid dienone is 2. The first-order valence-corrected chi connectivity index (χ1v) is 11.8. The van der Waals surface area contributed by atoms with Gasteiger partial charge in [-0.1, -0.05) is 36.4 Å². The molecule has 3 aromatic rings. The van der Waals surface area contributed by atoms with Gasteiger partial charge < -0.3 is 10.1 Å². The lowest BCUT2D eigenvalue weighted by Gasteiger charge is -2.35. The summed E-state index contributed by atoms with van der Waals surface area (Å²) in [7, 11) is 0. The van der Waals surface area contributed by atoms with Gasteiger partial charge in [0.25, 0.3) is 0 Å². The first-order chi connectivity index (χ1) is 17.4. The van der Waals surface area contributed by atoms with E-state index < -0.39 is 35.1 Å². The van der Waals surface area contributed by atoms with Crippen molar-refractivity contribution in [3.63, 3.8) is 0 Å². The number of ether oxygens (including phenoxy) is 1. The van der Waals surface area contributed by atoms with Crippen molar-refractivity contribution in [3.05, 3.63) is 101 Å². The Morgan fingerprint density at radius 1 is 0.944 bits per heavy atom. The summed E-state index contributed by atoms with van der Waals surface area (Å²) < 4.78 is 34.6. The molecule has 36 heavy (non-hydrogen) atoms. The molecule has 1 heterocycles. The van der Waals surface area contributed by atoms with E-state index in [0.29, 0.717) is 53.3 Å². The molecule has 182 valence electrons. The molecule has 0 fully saturated rings. The molecular weight excluding hydrogens is 462 g/mol. The van der Waals surface area contributed by atoms with Gasteiger partial charge in [0.1, 0.15) is 28.8 Å². The van der Waals surface area contributed by atoms with E-state index in [1.54, 1.807) is 25.1 Å². The number of amides is 1. The SMILES string of the molecule is CC1=NC2=C(C(=O)CCC2)[C@H](c2cccc(Oc3ccccc3)c2)C1C(=O)Nc1c(F)cccc1F. The lowest BCUT2D eigenvalue weighted by atomic mass is 9.71. The van der Waals surface area contributed by atoms with Crippen molar-refractivity contribution < 1.29 is 23.1 Å². The summed E-state index contributed by atoms with van der Waals surface area (Å²) in [5.41, 5.74) is 1.80. The molecule has 5 rings (SSSR count). The predicted molar refractivity (Wildman–Crippen MR) is 133 cm³/mol. The van der Waals surface area contributed by atoms with Gasteiger partial charge in [0, 0.05) is 29.3 Å². The highest BCUT2D eigenvalue weighted by atomic mass is 19.1. The number of nitrogens with one attached hydrogen (secondary N) is 1. The Hall–Kier alpha value is -4.13. The third-order valence-electron chi connectivity index (χ3n) is 6.52. The molecular formula is C29H24F2N2O3. The highest BCUT2D eigenvalue weighted by molar-refractivity contribution is 6.13. The molecule has 1 unspecified atom stereocenters. The Labute approximate surface area is 207 Å². The highest BCUT2D eigenvalue weighted by Gasteiger charge is 2.42. The quantitative estimate of drug-likeness (QED) is 0.443. The summed E-state index contributed by atoms with van der Waals surface area (Å²) in [6, 6.07) is 19.9. The van der Waals surface area contributed by atoms with Crippen LogP contribution in [0.5, 0.6) is 11.5 Å². The van der Waals surface area contributed by atoms with Crippen molar-refractivity contribution in [2.24, 2.45) is 10.9 Å². The molecule has 0 radical (unpaired) electrons. The molecule has 2 atom stereocenters. The van der Waals surface area contributed by atoms with Gasteiger partial charge in [-0.05, 0) is 61.7 Å². The Balaban J connectivity index is 1.56. The number of hydrogen-bond donors (Lipinski definition) is 1. The normalized spacial score (nSPS) is 19.4. The highest BCUT2D eigenvalue weighted by Crippen LogP contribution is 2.44. The molecule has 0 bridgehead atoms. The largest absolute Gasteiger partial charge is 0.457 e. The van der Waals surface area contributed by atoms with Crippen molar-refractivity contribution in [1.29, 1.82) is 0 Å². The monoisotopic (exact) mass is 486 g/mol. The lowest BCUT2D eigenvalue weighted by molar-refractivity contribution is -0.119. The number of halogens is 2. The summed E-state index contributed by atoms with van der Waals surface area (Å²) in [6.07, 6.45) is 1.68. The van der Waals surface area contributed by atoms with Crippen LogP contribution in [-0.2, 0) is 9.59 Å². The van der Waals surface area contributed by atoms with Crippen LogP contribution in [0, 0.1) is 17.6 Å². The van der Waals surface area contributed by atoms with Crippen LogP contribution in [-0.4, -0.2) is 17.4 Å². The van der Waals surface area contributed by atoms with E-state index >= 15 is 0 Å². The molecule has 0 aromatic heterocycles. The van der Waals surface area contributed by atoms with Gasteiger partial charge in [0.15, 0.2) is 5.78 Å². The summed E-state index contributed by atoms with van der Waals surface area (Å²) in [5, 5.41) is 2.41. The molecule has 0 spiro atoms. The van der Waals surface area contributed by atoms with E-state index in [1.807, 2.05) is 36.4 Å². The minimum Gasteiger partial charge on any atom is -0.457 e. The smallest absolute Gasteiger partial charge is 0.234 e. The molecule has 0 saturated carbocycles. The van der Waals surface area contributed by atoms with E-state index in [9.17, 15) is 18.4 Å². The minimum absolute atomic E-state index is 0.0678. The molecule has 1 aliphatic heterocycles. The number of carbonyl (C=O) groups is 2. The summed E-state index contributed by atoms with van der Waals surface area (Å²) in [5.74, 6) is -2.87. The molecule has 2 aliphatic rings. The van der Waals surface area contributed by atoms with Gasteiger partial charge in [-0.25, -0.2) is 8.78 Å². The van der Waals surface area contributed by atoms with E-state index in [1.165, 1.54) is 6.07 Å². The van der Waals surface area contributed by atoms with Crippen molar-refractivity contribution >= 4 is 23.1 Å². The second-order valence-electron chi connectivity index (χ2n) is 8.92. The number of hydrogen-bond acceptors (Lipinski definition) is 4. The average Bonchev–Trinajstić information content (AvgIpc) is 2.86. The number of carbonyl (C=O) groups excluding carboxylic acids is 2. The third kappa shape index (κ3) is 4.56. The van der Waals surface area contributed by atoms with Crippen LogP contribution in [0.2, 0.25) is 0 Å². The van der Waals surface area contributed by atoms with Gasteiger partial charge in [-0.2, -0.15) is 0 Å². The fourth-order valence-corrected chi connectivity index (χ4v) is 4.92. The number of benzene rings is 3. The predicted octanol–water partition coefficient (Wildman–Crippen LogP) is 6.58. The van der Waals surface area contributed by atoms with Crippen LogP contribution in [0.3, 0.4) is 0 Å². The van der Waals surface area contributed by atoms with Crippen molar-refractivity contribution in [2.45, 2.75) is 32.1 Å². The lowest BCUT2D eigenvalue weighted by Crippen LogP contribution is -2.39. The van der Waals surface area contributed by atoms with Crippen LogP contribution < -0.4 is 10.1 Å². The number of rotatable bonds is 5. The van der Waals surface area contributed by atoms with Gasteiger partial charge in [0.2, 0.25) is 5.91 Å². The summed E-state index contributed by atoms with van der Waals surface area (Å²) in [6.45, 7) is 1.71. The second kappa shape index (κ2) is 9.85. The van der Waals surface area contributed by atoms with Crippen LogP contribution in [0.4, 0.5) is 14.5 Å². The van der Waals surface area contributed by atoms with Gasteiger partial charge >= 0.3 is 0 Å². The Morgan fingerprint density at radius 2 is 1.64 bits per heavy atom. The third-order valence-corrected chi connectivity index (χ3v) is 6.52. The fraction of sp³-hybridized carbons (Fsp3) is 0.207. The second-order valence-corrected chi connectivity index (χ2v) is 8.92. The van der Waals surface area contributed by atoms with Crippen molar-refractivity contribution in [1.82, 2.24) is 0 Å². The maximum atomic E-state index is 14.3. The molecule has 0 saturated heterocycles. The molecule has 1 amide bonds. The maximum Gasteiger partial charge on any atom is 0.234 e. The van der Waals surface area contributed by atoms with Crippen LogP contribution in [0.25, 0.3) is 0 Å². The van der Waals surface area contributed by atoms with Gasteiger partial charge in [-0.15, -0.1) is 0 Å². The molecule has 1 aliphatic carbocycles. The van der Waals surface area contributed by atoms with Crippen LogP contribution in [0.1, 0.15) is 37.7 Å². The Bertz CT molecular complexity index is 1380. The first-order valence-electron chi connectivity index (χ1n) is 11.8. The van der Waals surface area contributed by atoms with Crippen LogP contribution >= 0.6 is 0 Å². The fourth-order valence-electron chi connectivity index (χ4n) is 4.92. The maximum absolute atomic E-state index is 14.3. The standard InChI is InChI=1S/C29H24F2N2O3/c1-17-25(29(35)33-28-21(30)12-6-13-22(28)31)26(27-23(32-17)14-7-15-24(27)34)18-8-5-11-20(16-18)36-19-9-3-2-4-10-19/h2-6,8-13,16,25-26H,7,14-15H2,1H3,(H,33,35)/t25?,26-/m1/s1. The van der Waals surface area contributed by atoms with Crippen molar-refractivity contribution in [3.8, 4) is 11.5 Å².